The van der Waals surface area contributed by atoms with Gasteiger partial charge in [-0.15, -0.1) is 0 Å². The molecule has 3 amide bonds. The Kier molecular flexibility index (Phi) is 6.87. The number of nitrogens with zero attached hydrogens (tertiary/aromatic N) is 3. The van der Waals surface area contributed by atoms with E-state index in [0.29, 0.717) is 27.7 Å². The molecular weight excluding hydrogens is 410 g/mol. The smallest absolute Gasteiger partial charge is 0.269 e. The first-order chi connectivity index (χ1) is 15.3. The largest absolute Gasteiger partial charge is 0.395 e. The van der Waals surface area contributed by atoms with Gasteiger partial charge in [-0.25, -0.2) is 4.68 Å². The molecule has 0 spiro atoms. The van der Waals surface area contributed by atoms with Crippen LogP contribution in [-0.4, -0.2) is 64.8 Å². The van der Waals surface area contributed by atoms with Gasteiger partial charge in [0, 0.05) is 37.2 Å². The predicted molar refractivity (Wildman–Crippen MR) is 119 cm³/mol. The number of aliphatic hydroxyl groups is 1. The number of carbonyl (C=O) groups excluding carboxylic acids is 3. The number of hydrogen-bond acceptors (Lipinski definition) is 5. The standard InChI is InChI=1S/C23H23N5O4/c1-25-23(32)16-9-10-19-18(14-16)21(22(24)31)26-28(19)17-7-3-5-15(13-17)6-4-8-20(30)27(2)11-12-29/h3,5,7,9-10,13-14,29H,8,11-12H2,1-2H3,(H2,24,31)(H,25,32). The summed E-state index contributed by atoms with van der Waals surface area (Å²) in [5.41, 5.74) is 7.86. The predicted octanol–water partition coefficient (Wildman–Crippen LogP) is 0.676. The van der Waals surface area contributed by atoms with E-state index in [-0.39, 0.29) is 37.1 Å². The van der Waals surface area contributed by atoms with Gasteiger partial charge in [0.15, 0.2) is 5.69 Å². The highest BCUT2D eigenvalue weighted by atomic mass is 16.3. The summed E-state index contributed by atoms with van der Waals surface area (Å²) in [7, 11) is 3.13. The van der Waals surface area contributed by atoms with Crippen LogP contribution < -0.4 is 11.1 Å². The SMILES string of the molecule is CNC(=O)c1ccc2c(c1)c(C(N)=O)nn2-c1cccc(C#CCC(=O)N(C)CCO)c1. The fraction of sp³-hybridized carbons (Fsp3) is 0.217. The van der Waals surface area contributed by atoms with Crippen molar-refractivity contribution in [1.82, 2.24) is 20.0 Å². The molecule has 2 aromatic carbocycles. The molecule has 0 atom stereocenters. The molecule has 3 rings (SSSR count). The lowest BCUT2D eigenvalue weighted by Gasteiger charge is -2.13. The highest BCUT2D eigenvalue weighted by Gasteiger charge is 2.18. The van der Waals surface area contributed by atoms with Crippen molar-refractivity contribution in [2.24, 2.45) is 5.73 Å². The second-order valence-corrected chi connectivity index (χ2v) is 7.00. The molecular formula is C23H23N5O4. The zero-order valence-electron chi connectivity index (χ0n) is 17.8. The number of amides is 3. The van der Waals surface area contributed by atoms with E-state index in [0.717, 1.165) is 0 Å². The van der Waals surface area contributed by atoms with Gasteiger partial charge in [0.05, 0.1) is 24.2 Å². The minimum Gasteiger partial charge on any atom is -0.395 e. The molecule has 0 saturated carbocycles. The third-order valence-electron chi connectivity index (χ3n) is 4.83. The highest BCUT2D eigenvalue weighted by molar-refractivity contribution is 6.07. The summed E-state index contributed by atoms with van der Waals surface area (Å²) >= 11 is 0. The van der Waals surface area contributed by atoms with Crippen molar-refractivity contribution in [3.63, 3.8) is 0 Å². The summed E-state index contributed by atoms with van der Waals surface area (Å²) in [6.45, 7) is 0.152. The van der Waals surface area contributed by atoms with E-state index < -0.39 is 5.91 Å². The van der Waals surface area contributed by atoms with E-state index in [1.54, 1.807) is 54.2 Å². The maximum atomic E-state index is 12.0. The lowest BCUT2D eigenvalue weighted by Crippen LogP contribution is -2.28. The number of benzene rings is 2. The minimum absolute atomic E-state index is 0.0273. The monoisotopic (exact) mass is 433 g/mol. The molecule has 0 bridgehead atoms. The van der Waals surface area contributed by atoms with Crippen LogP contribution in [0.4, 0.5) is 0 Å². The van der Waals surface area contributed by atoms with Crippen molar-refractivity contribution < 1.29 is 19.5 Å². The number of hydrogen-bond donors (Lipinski definition) is 3. The van der Waals surface area contributed by atoms with Crippen LogP contribution >= 0.6 is 0 Å². The van der Waals surface area contributed by atoms with Gasteiger partial charge in [0.1, 0.15) is 0 Å². The van der Waals surface area contributed by atoms with Crippen molar-refractivity contribution >= 4 is 28.6 Å². The molecule has 0 unspecified atom stereocenters. The molecule has 4 N–H and O–H groups in total. The van der Waals surface area contributed by atoms with Crippen molar-refractivity contribution in [2.45, 2.75) is 6.42 Å². The first kappa shape index (κ1) is 22.5. The van der Waals surface area contributed by atoms with Gasteiger partial charge in [-0.2, -0.15) is 5.10 Å². The summed E-state index contributed by atoms with van der Waals surface area (Å²) < 4.78 is 1.56. The molecule has 0 radical (unpaired) electrons. The van der Waals surface area contributed by atoms with Crippen LogP contribution in [0.3, 0.4) is 0 Å². The third-order valence-corrected chi connectivity index (χ3v) is 4.83. The fourth-order valence-corrected chi connectivity index (χ4v) is 3.13. The Morgan fingerprint density at radius 3 is 2.69 bits per heavy atom. The van der Waals surface area contributed by atoms with Crippen LogP contribution in [0.25, 0.3) is 16.6 Å². The number of rotatable bonds is 6. The normalized spacial score (nSPS) is 10.3. The number of likely N-dealkylation sites (N-methyl/N-ethyl adjacent to an activating group) is 1. The van der Waals surface area contributed by atoms with Crippen LogP contribution in [0.2, 0.25) is 0 Å². The van der Waals surface area contributed by atoms with Crippen molar-refractivity contribution in [2.75, 3.05) is 27.2 Å². The molecule has 3 aromatic rings. The number of aliphatic hydroxyl groups excluding tert-OH is 1. The van der Waals surface area contributed by atoms with E-state index in [2.05, 4.69) is 22.3 Å². The molecule has 0 aliphatic rings. The van der Waals surface area contributed by atoms with Gasteiger partial charge in [-0.3, -0.25) is 14.4 Å². The average molecular weight is 433 g/mol. The molecule has 0 fully saturated rings. The number of primary amides is 1. The van der Waals surface area contributed by atoms with E-state index in [1.807, 2.05) is 0 Å². The summed E-state index contributed by atoms with van der Waals surface area (Å²) in [6, 6.07) is 12.1. The van der Waals surface area contributed by atoms with Gasteiger partial charge in [-0.1, -0.05) is 17.9 Å². The number of carbonyl (C=O) groups is 3. The van der Waals surface area contributed by atoms with E-state index >= 15 is 0 Å². The Labute approximate surface area is 184 Å². The maximum Gasteiger partial charge on any atom is 0.269 e. The Balaban J connectivity index is 1.96. The Hall–Kier alpha value is -4.16. The molecule has 1 heterocycles. The van der Waals surface area contributed by atoms with Gasteiger partial charge in [0.25, 0.3) is 11.8 Å². The molecule has 164 valence electrons. The summed E-state index contributed by atoms with van der Waals surface area (Å²) in [4.78, 5) is 37.3. The zero-order chi connectivity index (χ0) is 23.3. The number of nitrogens with two attached hydrogens (primary N) is 1. The average Bonchev–Trinajstić information content (AvgIpc) is 3.18. The first-order valence-corrected chi connectivity index (χ1v) is 9.84. The van der Waals surface area contributed by atoms with E-state index in [1.165, 1.54) is 11.9 Å². The Bertz CT molecular complexity index is 1250. The van der Waals surface area contributed by atoms with Crippen LogP contribution in [-0.2, 0) is 4.79 Å². The van der Waals surface area contributed by atoms with Gasteiger partial charge in [0.2, 0.25) is 5.91 Å². The minimum atomic E-state index is -0.704. The Morgan fingerprint density at radius 1 is 1.22 bits per heavy atom. The highest BCUT2D eigenvalue weighted by Crippen LogP contribution is 2.24. The van der Waals surface area contributed by atoms with Crippen LogP contribution in [0.15, 0.2) is 42.5 Å². The molecule has 1 aromatic heterocycles. The van der Waals surface area contributed by atoms with Gasteiger partial charge >= 0.3 is 0 Å². The van der Waals surface area contributed by atoms with Gasteiger partial charge < -0.3 is 21.1 Å². The molecule has 0 aliphatic heterocycles. The second-order valence-electron chi connectivity index (χ2n) is 7.00. The quantitative estimate of drug-likeness (QED) is 0.492. The molecule has 9 nitrogen and oxygen atoms in total. The summed E-state index contributed by atoms with van der Waals surface area (Å²) in [6.07, 6.45) is 0.0273. The second kappa shape index (κ2) is 9.76. The topological polar surface area (TPSA) is 131 Å². The third kappa shape index (κ3) is 4.77. The van der Waals surface area contributed by atoms with Crippen LogP contribution in [0.1, 0.15) is 32.8 Å². The van der Waals surface area contributed by atoms with Crippen molar-refractivity contribution in [3.8, 4) is 17.5 Å². The molecule has 9 heteroatoms. The molecule has 32 heavy (non-hydrogen) atoms. The lowest BCUT2D eigenvalue weighted by molar-refractivity contribution is -0.129. The number of nitrogens with one attached hydrogen (secondary N) is 1. The van der Waals surface area contributed by atoms with Crippen molar-refractivity contribution in [1.29, 1.82) is 0 Å². The molecule has 0 saturated heterocycles. The lowest BCUT2D eigenvalue weighted by atomic mass is 10.1. The van der Waals surface area contributed by atoms with Crippen LogP contribution in [0.5, 0.6) is 0 Å². The van der Waals surface area contributed by atoms with Crippen LogP contribution in [0, 0.1) is 11.8 Å². The van der Waals surface area contributed by atoms with Gasteiger partial charge in [-0.05, 0) is 36.4 Å². The summed E-state index contributed by atoms with van der Waals surface area (Å²) in [5, 5.41) is 16.3. The molecule has 0 aliphatic carbocycles. The maximum absolute atomic E-state index is 12.0. The van der Waals surface area contributed by atoms with E-state index in [9.17, 15) is 14.4 Å². The zero-order valence-corrected chi connectivity index (χ0v) is 17.8. The Morgan fingerprint density at radius 2 is 2.00 bits per heavy atom. The number of aromatic nitrogens is 2. The van der Waals surface area contributed by atoms with Crippen molar-refractivity contribution in [3.05, 3.63) is 59.3 Å². The summed E-state index contributed by atoms with van der Waals surface area (Å²) in [5.74, 6) is 4.61. The first-order valence-electron chi connectivity index (χ1n) is 9.84. The fourth-order valence-electron chi connectivity index (χ4n) is 3.13. The van der Waals surface area contributed by atoms with E-state index in [4.69, 9.17) is 10.8 Å². The number of fused-ring (bicyclic) bond motifs is 1.